The Hall–Kier alpha value is -3.29. The number of aromatic amines is 2. The molecule has 8 nitrogen and oxygen atoms in total. The molecule has 43 heavy (non-hydrogen) atoms. The Labute approximate surface area is 272 Å². The number of sulfone groups is 1. The molecule has 0 unspecified atom stereocenters. The molecule has 0 aliphatic carbocycles. The molecule has 4 aromatic carbocycles. The Bertz CT molecular complexity index is 2320. The lowest BCUT2D eigenvalue weighted by Gasteiger charge is -2.12. The molecule has 0 saturated carbocycles. The second kappa shape index (κ2) is 11.0. The van der Waals surface area contributed by atoms with Crippen LogP contribution in [0.25, 0.3) is 33.2 Å². The lowest BCUT2D eigenvalue weighted by Crippen LogP contribution is -2.21. The molecule has 2 heterocycles. The van der Waals surface area contributed by atoms with Gasteiger partial charge in [-0.1, -0.05) is 46.4 Å². The van der Waals surface area contributed by atoms with Crippen LogP contribution in [0.1, 0.15) is 0 Å². The molecule has 6 rings (SSSR count). The molecule has 216 valence electrons. The van der Waals surface area contributed by atoms with Crippen molar-refractivity contribution in [3.8, 4) is 11.4 Å². The van der Waals surface area contributed by atoms with Crippen LogP contribution >= 0.6 is 70.8 Å². The topological polar surface area (TPSA) is 110 Å². The van der Waals surface area contributed by atoms with Crippen molar-refractivity contribution in [3.63, 3.8) is 0 Å². The van der Waals surface area contributed by atoms with E-state index in [1.54, 1.807) is 0 Å². The molecule has 0 saturated heterocycles. The first-order valence-electron chi connectivity index (χ1n) is 12.1. The number of hydrogen-bond acceptors (Lipinski definition) is 6. The normalized spacial score (nSPS) is 11.8. The number of nitrogens with zero attached hydrogens (tertiary/aromatic N) is 2. The summed E-state index contributed by atoms with van der Waals surface area (Å²) in [6.45, 7) is 0. The van der Waals surface area contributed by atoms with Crippen LogP contribution in [0, 0.1) is 9.54 Å². The Morgan fingerprint density at radius 1 is 0.581 bits per heavy atom. The van der Waals surface area contributed by atoms with Crippen LogP contribution in [0.2, 0.25) is 20.1 Å². The zero-order chi connectivity index (χ0) is 30.8. The molecule has 0 spiro atoms. The fourth-order valence-corrected chi connectivity index (χ4v) is 7.57. The van der Waals surface area contributed by atoms with Gasteiger partial charge in [-0.15, -0.1) is 0 Å². The largest absolute Gasteiger partial charge is 0.330 e. The maximum atomic E-state index is 13.4. The van der Waals surface area contributed by atoms with Crippen LogP contribution in [0.15, 0.2) is 92.2 Å². The summed E-state index contributed by atoms with van der Waals surface area (Å²) in [6, 6.07) is 17.3. The number of nitrogens with one attached hydrogen (secondary N) is 2. The first-order chi connectivity index (χ1) is 20.4. The van der Waals surface area contributed by atoms with E-state index in [1.165, 1.54) is 81.9 Å². The number of aromatic nitrogens is 4. The van der Waals surface area contributed by atoms with Crippen LogP contribution in [0.5, 0.6) is 0 Å². The van der Waals surface area contributed by atoms with Gasteiger partial charge in [0.15, 0.2) is 9.54 Å². The van der Waals surface area contributed by atoms with Gasteiger partial charge in [0.1, 0.15) is 0 Å². The van der Waals surface area contributed by atoms with Crippen LogP contribution in [0.4, 0.5) is 0 Å². The van der Waals surface area contributed by atoms with Gasteiger partial charge in [-0.2, -0.15) is 0 Å². The van der Waals surface area contributed by atoms with Gasteiger partial charge in [-0.3, -0.25) is 18.7 Å². The number of H-pyrrole nitrogens is 2. The number of benzene rings is 4. The summed E-state index contributed by atoms with van der Waals surface area (Å²) >= 11 is 35.4. The summed E-state index contributed by atoms with van der Waals surface area (Å²) in [5, 5.41) is 1.48. The standard InChI is InChI=1S/C28H14Cl4N4O4S3/c29-13-9-19-23(21(31)11-13)33-27(41)35(25(19)37)15-1-5-17(6-2-15)43(39,40)18-7-3-16(4-8-18)36-26(38)20-10-14(30)12-22(32)24(20)34-28(36)42/h1-12H,(H,33,41)(H,34,42). The van der Waals surface area contributed by atoms with Gasteiger partial charge >= 0.3 is 0 Å². The zero-order valence-electron chi connectivity index (χ0n) is 21.2. The maximum absolute atomic E-state index is 13.4. The van der Waals surface area contributed by atoms with Crippen molar-refractivity contribution in [2.24, 2.45) is 0 Å². The van der Waals surface area contributed by atoms with Gasteiger partial charge in [-0.25, -0.2) is 8.42 Å². The lowest BCUT2D eigenvalue weighted by molar-refractivity contribution is 0.596. The highest BCUT2D eigenvalue weighted by molar-refractivity contribution is 7.91. The molecule has 2 N–H and O–H groups in total. The van der Waals surface area contributed by atoms with Crippen LogP contribution in [-0.2, 0) is 9.84 Å². The molecular weight excluding hydrogens is 694 g/mol. The minimum atomic E-state index is -3.98. The third-order valence-electron chi connectivity index (χ3n) is 6.66. The molecule has 0 aliphatic heterocycles. The van der Waals surface area contributed by atoms with Crippen molar-refractivity contribution < 1.29 is 8.42 Å². The fraction of sp³-hybridized carbons (Fsp3) is 0. The molecule has 2 aromatic heterocycles. The second-order valence-corrected chi connectivity index (χ2v) is 13.7. The number of rotatable bonds is 4. The van der Waals surface area contributed by atoms with E-state index in [1.807, 2.05) is 0 Å². The van der Waals surface area contributed by atoms with E-state index in [2.05, 4.69) is 9.97 Å². The molecule has 6 aromatic rings. The van der Waals surface area contributed by atoms with Crippen molar-refractivity contribution in [1.82, 2.24) is 19.1 Å². The maximum Gasteiger partial charge on any atom is 0.266 e. The van der Waals surface area contributed by atoms with Crippen molar-refractivity contribution in [2.75, 3.05) is 0 Å². The number of fused-ring (bicyclic) bond motifs is 2. The average Bonchev–Trinajstić information content (AvgIpc) is 2.95. The highest BCUT2D eigenvalue weighted by Gasteiger charge is 2.19. The predicted octanol–water partition coefficient (Wildman–Crippen LogP) is 7.86. The van der Waals surface area contributed by atoms with Crippen molar-refractivity contribution in [2.45, 2.75) is 9.79 Å². The fourth-order valence-electron chi connectivity index (χ4n) is 4.64. The van der Waals surface area contributed by atoms with Crippen molar-refractivity contribution in [1.29, 1.82) is 0 Å². The second-order valence-electron chi connectivity index (χ2n) is 9.25. The van der Waals surface area contributed by atoms with Crippen molar-refractivity contribution >= 4 is 102 Å². The van der Waals surface area contributed by atoms with Gasteiger partial charge in [0, 0.05) is 10.0 Å². The van der Waals surface area contributed by atoms with Crippen LogP contribution < -0.4 is 11.1 Å². The average molecular weight is 708 g/mol. The monoisotopic (exact) mass is 706 g/mol. The van der Waals surface area contributed by atoms with Gasteiger partial charge in [-0.05, 0) is 97.2 Å². The van der Waals surface area contributed by atoms with E-state index >= 15 is 0 Å². The quantitative estimate of drug-likeness (QED) is 0.181. The molecule has 0 fully saturated rings. The molecule has 0 radical (unpaired) electrons. The Balaban J connectivity index is 1.37. The summed E-state index contributed by atoms with van der Waals surface area (Å²) in [4.78, 5) is 32.3. The molecule has 0 atom stereocenters. The molecule has 15 heteroatoms. The van der Waals surface area contributed by atoms with E-state index in [4.69, 9.17) is 70.8 Å². The van der Waals surface area contributed by atoms with Crippen LogP contribution in [0.3, 0.4) is 0 Å². The number of halogens is 4. The Kier molecular flexibility index (Phi) is 7.62. The summed E-state index contributed by atoms with van der Waals surface area (Å²) in [7, 11) is -3.98. The predicted molar refractivity (Wildman–Crippen MR) is 175 cm³/mol. The summed E-state index contributed by atoms with van der Waals surface area (Å²) in [5.41, 5.74) is 0.425. The highest BCUT2D eigenvalue weighted by Crippen LogP contribution is 2.28. The minimum Gasteiger partial charge on any atom is -0.330 e. The van der Waals surface area contributed by atoms with E-state index in [0.29, 0.717) is 22.4 Å². The molecule has 0 bridgehead atoms. The molecule has 0 aliphatic rings. The van der Waals surface area contributed by atoms with Gasteiger partial charge in [0.25, 0.3) is 11.1 Å². The zero-order valence-corrected chi connectivity index (χ0v) is 26.7. The third kappa shape index (κ3) is 5.14. The summed E-state index contributed by atoms with van der Waals surface area (Å²) in [5.74, 6) is 0. The first kappa shape index (κ1) is 29.8. The molecule has 0 amide bonds. The minimum absolute atomic E-state index is 0.0247. The van der Waals surface area contributed by atoms with E-state index in [9.17, 15) is 18.0 Å². The van der Waals surface area contributed by atoms with E-state index < -0.39 is 21.0 Å². The Morgan fingerprint density at radius 2 is 0.930 bits per heavy atom. The first-order valence-corrected chi connectivity index (χ1v) is 15.9. The number of hydrogen-bond donors (Lipinski definition) is 2. The van der Waals surface area contributed by atoms with Gasteiger partial charge in [0.2, 0.25) is 9.84 Å². The smallest absolute Gasteiger partial charge is 0.266 e. The van der Waals surface area contributed by atoms with Crippen LogP contribution in [-0.4, -0.2) is 27.5 Å². The summed E-state index contributed by atoms with van der Waals surface area (Å²) < 4.78 is 29.5. The molecular formula is C28H14Cl4N4O4S3. The van der Waals surface area contributed by atoms with Gasteiger partial charge < -0.3 is 9.97 Å². The third-order valence-corrected chi connectivity index (χ3v) is 10.0. The highest BCUT2D eigenvalue weighted by atomic mass is 35.5. The summed E-state index contributed by atoms with van der Waals surface area (Å²) in [6.07, 6.45) is 0. The Morgan fingerprint density at radius 3 is 1.28 bits per heavy atom. The van der Waals surface area contributed by atoms with E-state index in [0.717, 1.165) is 0 Å². The van der Waals surface area contributed by atoms with Gasteiger partial charge in [0.05, 0.1) is 53.0 Å². The lowest BCUT2D eigenvalue weighted by atomic mass is 10.2. The SMILES string of the molecule is O=c1c2cc(Cl)cc(Cl)c2[nH]c(=S)n1-c1ccc(S(=O)(=O)c2ccc(-n3c(=S)[nH]c4c(Cl)cc(Cl)cc4c3=O)cc2)cc1. The van der Waals surface area contributed by atoms with E-state index in [-0.39, 0.29) is 50.2 Å². The van der Waals surface area contributed by atoms with Crippen molar-refractivity contribution in [3.05, 3.63) is 123 Å².